The van der Waals surface area contributed by atoms with Gasteiger partial charge in [-0.25, -0.2) is 10.4 Å². The summed E-state index contributed by atoms with van der Waals surface area (Å²) in [6, 6.07) is 17.2. The molecule has 206 valence electrons. The van der Waals surface area contributed by atoms with Crippen LogP contribution in [0.5, 0.6) is 23.0 Å². The third kappa shape index (κ3) is 6.41. The van der Waals surface area contributed by atoms with Crippen LogP contribution in [0, 0.1) is 0 Å². The van der Waals surface area contributed by atoms with Gasteiger partial charge in [0.1, 0.15) is 5.75 Å². The Kier molecular flexibility index (Phi) is 9.02. The molecule has 0 aliphatic carbocycles. The summed E-state index contributed by atoms with van der Waals surface area (Å²) in [6.45, 7) is 1.27. The van der Waals surface area contributed by atoms with Crippen molar-refractivity contribution in [2.24, 2.45) is 5.10 Å². The normalized spacial score (nSPS) is 10.9. The molecule has 4 aromatic rings. The van der Waals surface area contributed by atoms with Crippen LogP contribution in [0.25, 0.3) is 16.6 Å². The summed E-state index contributed by atoms with van der Waals surface area (Å²) in [5, 5.41) is 4.81. The van der Waals surface area contributed by atoms with Gasteiger partial charge in [-0.2, -0.15) is 5.10 Å². The predicted octanol–water partition coefficient (Wildman–Crippen LogP) is 3.58. The lowest BCUT2D eigenvalue weighted by atomic mass is 10.2. The van der Waals surface area contributed by atoms with Gasteiger partial charge in [0.05, 0.1) is 49.9 Å². The number of hydrogen-bond acceptors (Lipinski definition) is 10. The van der Waals surface area contributed by atoms with Crippen molar-refractivity contribution in [2.45, 2.75) is 12.1 Å². The van der Waals surface area contributed by atoms with E-state index in [0.29, 0.717) is 33.1 Å². The van der Waals surface area contributed by atoms with Crippen LogP contribution in [0.15, 0.2) is 75.7 Å². The maximum absolute atomic E-state index is 13.4. The maximum Gasteiger partial charge on any atom is 0.308 e. The zero-order chi connectivity index (χ0) is 28.6. The Morgan fingerprint density at radius 3 is 2.30 bits per heavy atom. The second kappa shape index (κ2) is 12.8. The van der Waals surface area contributed by atoms with Crippen LogP contribution >= 0.6 is 11.8 Å². The highest BCUT2D eigenvalue weighted by Gasteiger charge is 2.17. The van der Waals surface area contributed by atoms with Gasteiger partial charge in [0.2, 0.25) is 5.75 Å². The third-order valence-corrected chi connectivity index (χ3v) is 6.48. The van der Waals surface area contributed by atoms with Crippen molar-refractivity contribution in [1.29, 1.82) is 0 Å². The van der Waals surface area contributed by atoms with Crippen molar-refractivity contribution >= 4 is 40.8 Å². The van der Waals surface area contributed by atoms with E-state index in [-0.39, 0.29) is 28.6 Å². The summed E-state index contributed by atoms with van der Waals surface area (Å²) in [5.41, 5.74) is 3.85. The average Bonchev–Trinajstić information content (AvgIpc) is 2.96. The number of carbonyl (C=O) groups excluding carboxylic acids is 2. The van der Waals surface area contributed by atoms with Gasteiger partial charge in [-0.05, 0) is 48.5 Å². The van der Waals surface area contributed by atoms with Gasteiger partial charge in [0.15, 0.2) is 16.7 Å². The van der Waals surface area contributed by atoms with E-state index in [1.165, 1.54) is 31.9 Å². The summed E-state index contributed by atoms with van der Waals surface area (Å²) in [6.07, 6.45) is 1.40. The quantitative estimate of drug-likeness (QED) is 0.0770. The standard InChI is InChI=1S/C28H26N4O7S/c1-17(33)39-26-23(37-3)13-18(14-24(26)38-4)15-29-31-25(34)16-40-28-30-22-8-6-5-7-21(22)27(35)32(28)19-9-11-20(36-2)12-10-19/h5-15H,16H2,1-4H3,(H,31,34)/b29-15-. The van der Waals surface area contributed by atoms with Crippen molar-refractivity contribution in [2.75, 3.05) is 27.1 Å². The maximum atomic E-state index is 13.4. The van der Waals surface area contributed by atoms with Crippen LogP contribution in [-0.4, -0.2) is 54.7 Å². The number of nitrogens with one attached hydrogen (secondary N) is 1. The first-order chi connectivity index (χ1) is 19.3. The Bertz CT molecular complexity index is 1610. The van der Waals surface area contributed by atoms with Crippen molar-refractivity contribution in [3.63, 3.8) is 0 Å². The Morgan fingerprint density at radius 2 is 1.68 bits per heavy atom. The van der Waals surface area contributed by atoms with Crippen molar-refractivity contribution in [3.8, 4) is 28.7 Å². The molecule has 4 rings (SSSR count). The van der Waals surface area contributed by atoms with E-state index in [2.05, 4.69) is 15.5 Å². The highest BCUT2D eigenvalue weighted by molar-refractivity contribution is 7.99. The molecule has 3 aromatic carbocycles. The lowest BCUT2D eigenvalue weighted by Crippen LogP contribution is -2.24. The summed E-state index contributed by atoms with van der Waals surface area (Å²) >= 11 is 1.10. The van der Waals surface area contributed by atoms with Gasteiger partial charge in [-0.3, -0.25) is 19.0 Å². The first-order valence-electron chi connectivity index (χ1n) is 11.9. The molecule has 0 saturated carbocycles. The molecule has 1 heterocycles. The second-order valence-corrected chi connectivity index (χ2v) is 9.12. The molecule has 0 atom stereocenters. The number of amides is 1. The Hall–Kier alpha value is -4.84. The first kappa shape index (κ1) is 28.2. The predicted molar refractivity (Wildman–Crippen MR) is 151 cm³/mol. The Balaban J connectivity index is 1.52. The molecule has 40 heavy (non-hydrogen) atoms. The van der Waals surface area contributed by atoms with Crippen LogP contribution in [0.4, 0.5) is 0 Å². The molecule has 1 N–H and O–H groups in total. The van der Waals surface area contributed by atoms with E-state index in [9.17, 15) is 14.4 Å². The number of ether oxygens (including phenoxy) is 4. The second-order valence-electron chi connectivity index (χ2n) is 8.18. The lowest BCUT2D eigenvalue weighted by Gasteiger charge is -2.13. The fraction of sp³-hybridized carbons (Fsp3) is 0.179. The number of rotatable bonds is 10. The van der Waals surface area contributed by atoms with Crippen LogP contribution in [0.2, 0.25) is 0 Å². The number of aromatic nitrogens is 2. The lowest BCUT2D eigenvalue weighted by molar-refractivity contribution is -0.132. The minimum atomic E-state index is -0.527. The van der Waals surface area contributed by atoms with Crippen LogP contribution in [-0.2, 0) is 9.59 Å². The molecule has 0 saturated heterocycles. The van der Waals surface area contributed by atoms with E-state index < -0.39 is 11.9 Å². The van der Waals surface area contributed by atoms with E-state index in [1.54, 1.807) is 67.8 Å². The van der Waals surface area contributed by atoms with Crippen LogP contribution < -0.4 is 29.9 Å². The molecule has 12 heteroatoms. The van der Waals surface area contributed by atoms with E-state index in [1.807, 2.05) is 0 Å². The zero-order valence-corrected chi connectivity index (χ0v) is 23.0. The number of para-hydroxylation sites is 1. The third-order valence-electron chi connectivity index (χ3n) is 5.54. The van der Waals surface area contributed by atoms with Gasteiger partial charge in [-0.15, -0.1) is 0 Å². The summed E-state index contributed by atoms with van der Waals surface area (Å²) in [5.74, 6) is 0.306. The monoisotopic (exact) mass is 562 g/mol. The number of nitrogens with zero attached hydrogens (tertiary/aromatic N) is 3. The molecular formula is C28H26N4O7S. The number of hydrazone groups is 1. The number of hydrogen-bond donors (Lipinski definition) is 1. The molecule has 0 fully saturated rings. The Labute approximate surface area is 233 Å². The smallest absolute Gasteiger partial charge is 0.308 e. The number of fused-ring (bicyclic) bond motifs is 1. The number of benzene rings is 3. The number of carbonyl (C=O) groups is 2. The van der Waals surface area contributed by atoms with Crippen molar-refractivity contribution in [1.82, 2.24) is 15.0 Å². The van der Waals surface area contributed by atoms with Gasteiger partial charge in [0, 0.05) is 12.5 Å². The fourth-order valence-corrected chi connectivity index (χ4v) is 4.53. The van der Waals surface area contributed by atoms with Gasteiger partial charge < -0.3 is 18.9 Å². The molecule has 0 bridgehead atoms. The molecule has 0 aliphatic rings. The van der Waals surface area contributed by atoms with Crippen LogP contribution in [0.1, 0.15) is 12.5 Å². The largest absolute Gasteiger partial charge is 0.497 e. The van der Waals surface area contributed by atoms with Crippen molar-refractivity contribution < 1.29 is 28.5 Å². The van der Waals surface area contributed by atoms with Gasteiger partial charge in [0.25, 0.3) is 11.5 Å². The van der Waals surface area contributed by atoms with Crippen molar-refractivity contribution in [3.05, 3.63) is 76.6 Å². The fourth-order valence-electron chi connectivity index (χ4n) is 3.73. The minimum absolute atomic E-state index is 0.0592. The SMILES string of the molecule is COc1ccc(-n2c(SCC(=O)N/N=C\c3cc(OC)c(OC(C)=O)c(OC)c3)nc3ccccc3c2=O)cc1. The first-order valence-corrected chi connectivity index (χ1v) is 12.9. The van der Waals surface area contributed by atoms with E-state index in [0.717, 1.165) is 11.8 Å². The average molecular weight is 563 g/mol. The highest BCUT2D eigenvalue weighted by atomic mass is 32.2. The molecule has 1 aromatic heterocycles. The molecule has 11 nitrogen and oxygen atoms in total. The molecule has 0 unspecified atom stereocenters. The Morgan fingerprint density at radius 1 is 1.00 bits per heavy atom. The van der Waals surface area contributed by atoms with E-state index >= 15 is 0 Å². The minimum Gasteiger partial charge on any atom is -0.497 e. The number of methoxy groups -OCH3 is 3. The van der Waals surface area contributed by atoms with Crippen LogP contribution in [0.3, 0.4) is 0 Å². The number of thioether (sulfide) groups is 1. The zero-order valence-electron chi connectivity index (χ0n) is 22.2. The summed E-state index contributed by atoms with van der Waals surface area (Å²) in [4.78, 5) is 42.0. The molecule has 1 amide bonds. The molecule has 0 aliphatic heterocycles. The molecule has 0 spiro atoms. The number of esters is 1. The van der Waals surface area contributed by atoms with Gasteiger partial charge in [-0.1, -0.05) is 23.9 Å². The van der Waals surface area contributed by atoms with Gasteiger partial charge >= 0.3 is 5.97 Å². The topological polar surface area (TPSA) is 130 Å². The highest BCUT2D eigenvalue weighted by Crippen LogP contribution is 2.38. The molecular weight excluding hydrogens is 536 g/mol. The van der Waals surface area contributed by atoms with E-state index in [4.69, 9.17) is 18.9 Å². The molecule has 0 radical (unpaired) electrons. The summed E-state index contributed by atoms with van der Waals surface area (Å²) in [7, 11) is 4.41. The summed E-state index contributed by atoms with van der Waals surface area (Å²) < 4.78 is 22.5.